The van der Waals surface area contributed by atoms with E-state index in [2.05, 4.69) is 5.18 Å². The van der Waals surface area contributed by atoms with Gasteiger partial charge in [0.1, 0.15) is 6.54 Å². The molecule has 1 N–H and O–H groups in total. The first-order chi connectivity index (χ1) is 6.81. The molecule has 0 aliphatic heterocycles. The minimum absolute atomic E-state index is 0.104. The summed E-state index contributed by atoms with van der Waals surface area (Å²) in [6.07, 6.45) is 2.49. The second kappa shape index (κ2) is 3.54. The molecule has 14 heavy (non-hydrogen) atoms. The minimum atomic E-state index is 0.104. The van der Waals surface area contributed by atoms with E-state index in [9.17, 15) is 4.91 Å². The molecule has 3 nitrogen and oxygen atoms in total. The Labute approximate surface area is 81.9 Å². The molecule has 1 aromatic carbocycles. The Morgan fingerprint density at radius 1 is 1.36 bits per heavy atom. The maximum atomic E-state index is 10.1. The Bertz CT molecular complexity index is 421. The summed E-state index contributed by atoms with van der Waals surface area (Å²) in [6.45, 7) is 0.104. The lowest BCUT2D eigenvalue weighted by Crippen LogP contribution is -2.13. The largest absolute Gasteiger partial charge is 0.305 e. The number of nitrogens with one attached hydrogen (secondary N) is 1. The summed E-state index contributed by atoms with van der Waals surface area (Å²) < 4.78 is 0. The van der Waals surface area contributed by atoms with E-state index in [0.29, 0.717) is 12.1 Å². The molecule has 1 aromatic rings. The fourth-order valence-corrected chi connectivity index (χ4v) is 1.63. The summed E-state index contributed by atoms with van der Waals surface area (Å²) in [5.74, 6) is 0. The molecule has 0 amide bonds. The van der Waals surface area contributed by atoms with E-state index in [1.165, 1.54) is 0 Å². The fourth-order valence-electron chi connectivity index (χ4n) is 1.63. The van der Waals surface area contributed by atoms with Crippen LogP contribution in [0.25, 0.3) is 6.08 Å². The Balaban J connectivity index is 2.43. The second-order valence-corrected chi connectivity index (χ2v) is 3.31. The maximum Gasteiger partial charge on any atom is 0.108 e. The number of nitrogens with zero attached hydrogens (tertiary/aromatic N) is 1. The number of hydrogen-bond donors (Lipinski definition) is 1. The molecule has 0 aromatic heterocycles. The predicted octanol–water partition coefficient (Wildman–Crippen LogP) is 2.41. The molecule has 0 atom stereocenters. The average molecular weight is 186 g/mol. The van der Waals surface area contributed by atoms with Crippen LogP contribution in [0.5, 0.6) is 0 Å². The highest BCUT2D eigenvalue weighted by molar-refractivity contribution is 6.05. The van der Waals surface area contributed by atoms with Crippen LogP contribution in [0.2, 0.25) is 0 Å². The van der Waals surface area contributed by atoms with E-state index in [-0.39, 0.29) is 6.54 Å². The molecule has 1 aliphatic carbocycles. The van der Waals surface area contributed by atoms with Crippen molar-refractivity contribution in [1.82, 2.24) is 0 Å². The summed E-state index contributed by atoms with van der Waals surface area (Å²) in [7, 11) is 0. The van der Waals surface area contributed by atoms with Gasteiger partial charge >= 0.3 is 0 Å². The molecule has 3 heteroatoms. The van der Waals surface area contributed by atoms with E-state index in [0.717, 1.165) is 16.7 Å². The number of rotatable bonds is 2. The highest BCUT2D eigenvalue weighted by Gasteiger charge is 2.14. The van der Waals surface area contributed by atoms with Gasteiger partial charge in [0.25, 0.3) is 0 Å². The summed E-state index contributed by atoms with van der Waals surface area (Å²) in [6, 6.07) is 7.91. The van der Waals surface area contributed by atoms with Crippen molar-refractivity contribution in [2.75, 3.05) is 6.54 Å². The molecule has 0 unspecified atom stereocenters. The van der Waals surface area contributed by atoms with Gasteiger partial charge in [0.05, 0.1) is 0 Å². The zero-order valence-electron chi connectivity index (χ0n) is 7.66. The molecule has 0 fully saturated rings. The van der Waals surface area contributed by atoms with Crippen molar-refractivity contribution in [1.29, 1.82) is 5.41 Å². The first kappa shape index (κ1) is 8.81. The van der Waals surface area contributed by atoms with Gasteiger partial charge in [-0.05, 0) is 22.8 Å². The van der Waals surface area contributed by atoms with Gasteiger partial charge in [-0.2, -0.15) is 4.91 Å². The van der Waals surface area contributed by atoms with Crippen molar-refractivity contribution in [2.24, 2.45) is 5.18 Å². The molecule has 1 aliphatic rings. The highest BCUT2D eigenvalue weighted by atomic mass is 16.3. The summed E-state index contributed by atoms with van der Waals surface area (Å²) in [5, 5.41) is 10.5. The van der Waals surface area contributed by atoms with Crippen LogP contribution in [0.15, 0.2) is 35.0 Å². The molecule has 0 saturated heterocycles. The van der Waals surface area contributed by atoms with E-state index < -0.39 is 0 Å². The van der Waals surface area contributed by atoms with Crippen molar-refractivity contribution >= 4 is 11.8 Å². The van der Waals surface area contributed by atoms with Crippen molar-refractivity contribution in [3.05, 3.63) is 45.9 Å². The Morgan fingerprint density at radius 3 is 2.93 bits per heavy atom. The van der Waals surface area contributed by atoms with Gasteiger partial charge < -0.3 is 5.41 Å². The maximum absolute atomic E-state index is 10.1. The Morgan fingerprint density at radius 2 is 2.14 bits per heavy atom. The van der Waals surface area contributed by atoms with Gasteiger partial charge in [0, 0.05) is 12.1 Å². The van der Waals surface area contributed by atoms with Gasteiger partial charge in [0.2, 0.25) is 0 Å². The fraction of sp³-hybridized carbons (Fsp3) is 0.182. The SMILES string of the molecule is N=C1Cc2ccccc2C=C1CN=O. The Hall–Kier alpha value is -1.77. The van der Waals surface area contributed by atoms with Gasteiger partial charge in [0.15, 0.2) is 0 Å². The van der Waals surface area contributed by atoms with Crippen LogP contribution >= 0.6 is 0 Å². The molecule has 0 spiro atoms. The molecule has 0 saturated carbocycles. The standard InChI is InChI=1S/C11H10N2O/c12-11-6-9-4-2-1-3-8(9)5-10(11)7-13-14/h1-5,12H,6-7H2. The van der Waals surface area contributed by atoms with E-state index in [1.807, 2.05) is 30.3 Å². The topological polar surface area (TPSA) is 53.3 Å². The van der Waals surface area contributed by atoms with Crippen LogP contribution in [-0.4, -0.2) is 12.3 Å². The van der Waals surface area contributed by atoms with Crippen molar-refractivity contribution in [3.63, 3.8) is 0 Å². The van der Waals surface area contributed by atoms with Gasteiger partial charge in [-0.1, -0.05) is 29.4 Å². The number of nitroso groups, excluding NO2 is 1. The lowest BCUT2D eigenvalue weighted by atomic mass is 9.91. The van der Waals surface area contributed by atoms with Crippen molar-refractivity contribution < 1.29 is 0 Å². The predicted molar refractivity (Wildman–Crippen MR) is 56.5 cm³/mol. The summed E-state index contributed by atoms with van der Waals surface area (Å²) in [5.41, 5.74) is 3.48. The summed E-state index contributed by atoms with van der Waals surface area (Å²) >= 11 is 0. The van der Waals surface area contributed by atoms with E-state index in [1.54, 1.807) is 0 Å². The van der Waals surface area contributed by atoms with Crippen LogP contribution < -0.4 is 0 Å². The molecular weight excluding hydrogens is 176 g/mol. The quantitative estimate of drug-likeness (QED) is 0.708. The lowest BCUT2D eigenvalue weighted by molar-refractivity contribution is 1.14. The van der Waals surface area contributed by atoms with Crippen LogP contribution in [0.3, 0.4) is 0 Å². The van der Waals surface area contributed by atoms with Crippen molar-refractivity contribution in [3.8, 4) is 0 Å². The van der Waals surface area contributed by atoms with Gasteiger partial charge in [-0.15, -0.1) is 0 Å². The molecule has 70 valence electrons. The van der Waals surface area contributed by atoms with Crippen LogP contribution in [0, 0.1) is 10.3 Å². The monoisotopic (exact) mass is 186 g/mol. The molecular formula is C11H10N2O. The molecule has 0 bridgehead atoms. The van der Waals surface area contributed by atoms with Gasteiger partial charge in [-0.3, -0.25) is 0 Å². The normalized spacial score (nSPS) is 14.6. The molecule has 2 rings (SSSR count). The van der Waals surface area contributed by atoms with Crippen LogP contribution in [0.4, 0.5) is 0 Å². The molecule has 0 radical (unpaired) electrons. The van der Waals surface area contributed by atoms with E-state index in [4.69, 9.17) is 5.41 Å². The van der Waals surface area contributed by atoms with Crippen LogP contribution in [-0.2, 0) is 6.42 Å². The van der Waals surface area contributed by atoms with Crippen LogP contribution in [0.1, 0.15) is 11.1 Å². The zero-order valence-corrected chi connectivity index (χ0v) is 7.66. The Kier molecular flexibility index (Phi) is 2.23. The highest BCUT2D eigenvalue weighted by Crippen LogP contribution is 2.21. The third kappa shape index (κ3) is 1.48. The smallest absolute Gasteiger partial charge is 0.108 e. The second-order valence-electron chi connectivity index (χ2n) is 3.31. The summed E-state index contributed by atoms with van der Waals surface area (Å²) in [4.78, 5) is 10.1. The van der Waals surface area contributed by atoms with Gasteiger partial charge in [-0.25, -0.2) is 0 Å². The molecule has 0 heterocycles. The number of hydrogen-bond acceptors (Lipinski definition) is 3. The average Bonchev–Trinajstić information content (AvgIpc) is 2.19. The van der Waals surface area contributed by atoms with E-state index >= 15 is 0 Å². The first-order valence-corrected chi connectivity index (χ1v) is 4.46. The number of fused-ring (bicyclic) bond motifs is 1. The zero-order chi connectivity index (χ0) is 9.97. The van der Waals surface area contributed by atoms with Crippen molar-refractivity contribution in [2.45, 2.75) is 6.42 Å². The lowest BCUT2D eigenvalue weighted by Gasteiger charge is -2.15. The third-order valence-electron chi connectivity index (χ3n) is 2.37. The minimum Gasteiger partial charge on any atom is -0.305 e. The number of benzene rings is 1. The first-order valence-electron chi connectivity index (χ1n) is 4.46. The third-order valence-corrected chi connectivity index (χ3v) is 2.37.